The van der Waals surface area contributed by atoms with Gasteiger partial charge in [-0.25, -0.2) is 18.1 Å². The van der Waals surface area contributed by atoms with E-state index in [1.54, 1.807) is 53.5 Å². The van der Waals surface area contributed by atoms with Crippen molar-refractivity contribution < 1.29 is 17.9 Å². The summed E-state index contributed by atoms with van der Waals surface area (Å²) in [6.07, 6.45) is 7.02. The van der Waals surface area contributed by atoms with E-state index in [4.69, 9.17) is 4.74 Å². The SMILES string of the molecule is O=C(Nc1cc(S(=O)(=O)N2CCOCC2)ccc1N1CCCC1)c1ccc(-n2cccn2)nc1. The molecule has 2 saturated heterocycles. The smallest absolute Gasteiger partial charge is 0.257 e. The van der Waals surface area contributed by atoms with Crippen molar-refractivity contribution in [3.8, 4) is 5.82 Å². The number of morpholine rings is 1. The zero-order valence-corrected chi connectivity index (χ0v) is 19.4. The number of aromatic nitrogens is 3. The first-order valence-corrected chi connectivity index (χ1v) is 12.7. The Hall–Kier alpha value is -3.28. The van der Waals surface area contributed by atoms with Crippen molar-refractivity contribution in [1.29, 1.82) is 0 Å². The zero-order chi connectivity index (χ0) is 23.5. The summed E-state index contributed by atoms with van der Waals surface area (Å²) in [4.78, 5) is 19.7. The number of hydrogen-bond donors (Lipinski definition) is 1. The molecule has 2 aromatic heterocycles. The third kappa shape index (κ3) is 4.54. The molecular formula is C23H26N6O4S. The summed E-state index contributed by atoms with van der Waals surface area (Å²) < 4.78 is 34.7. The minimum Gasteiger partial charge on any atom is -0.379 e. The maximum absolute atomic E-state index is 13.2. The van der Waals surface area contributed by atoms with Crippen LogP contribution in [0, 0.1) is 0 Å². The van der Waals surface area contributed by atoms with E-state index in [9.17, 15) is 13.2 Å². The van der Waals surface area contributed by atoms with E-state index in [1.807, 2.05) is 0 Å². The van der Waals surface area contributed by atoms with Crippen LogP contribution in [0.15, 0.2) is 59.9 Å². The lowest BCUT2D eigenvalue weighted by atomic mass is 10.2. The van der Waals surface area contributed by atoms with E-state index in [0.717, 1.165) is 31.6 Å². The Bertz CT molecular complexity index is 1250. The summed E-state index contributed by atoms with van der Waals surface area (Å²) in [6, 6.07) is 10.1. The van der Waals surface area contributed by atoms with Gasteiger partial charge in [0.05, 0.1) is 35.0 Å². The molecular weight excluding hydrogens is 456 g/mol. The van der Waals surface area contributed by atoms with Crippen molar-refractivity contribution in [1.82, 2.24) is 19.1 Å². The van der Waals surface area contributed by atoms with E-state index in [1.165, 1.54) is 10.5 Å². The number of nitrogens with one attached hydrogen (secondary N) is 1. The molecule has 11 heteroatoms. The highest BCUT2D eigenvalue weighted by molar-refractivity contribution is 7.89. The molecule has 1 amide bonds. The van der Waals surface area contributed by atoms with Crippen molar-refractivity contribution in [3.63, 3.8) is 0 Å². The number of sulfonamides is 1. The lowest BCUT2D eigenvalue weighted by Crippen LogP contribution is -2.40. The van der Waals surface area contributed by atoms with Gasteiger partial charge < -0.3 is 15.0 Å². The van der Waals surface area contributed by atoms with Crippen LogP contribution in [0.1, 0.15) is 23.2 Å². The van der Waals surface area contributed by atoms with Crippen molar-refractivity contribution >= 4 is 27.3 Å². The molecule has 2 fully saturated rings. The van der Waals surface area contributed by atoms with Crippen molar-refractivity contribution in [2.24, 2.45) is 0 Å². The number of rotatable bonds is 6. The number of carbonyl (C=O) groups excluding carboxylic acids is 1. The standard InChI is InChI=1S/C23H26N6O4S/c30-23(18-4-7-22(24-17-18)29-11-3-8-25-29)26-20-16-19(5-6-21(20)27-9-1-2-10-27)34(31,32)28-12-14-33-15-13-28/h3-8,11,16-17H,1-2,9-10,12-15H2,(H,26,30). The van der Waals surface area contributed by atoms with Crippen LogP contribution in [-0.4, -0.2) is 72.8 Å². The lowest BCUT2D eigenvalue weighted by molar-refractivity contribution is 0.0730. The van der Waals surface area contributed by atoms with Crippen molar-refractivity contribution in [2.45, 2.75) is 17.7 Å². The predicted molar refractivity (Wildman–Crippen MR) is 127 cm³/mol. The molecule has 1 aromatic carbocycles. The van der Waals surface area contributed by atoms with Gasteiger partial charge in [0.25, 0.3) is 5.91 Å². The average molecular weight is 483 g/mol. The van der Waals surface area contributed by atoms with Crippen LogP contribution < -0.4 is 10.2 Å². The molecule has 1 N–H and O–H groups in total. The molecule has 178 valence electrons. The van der Waals surface area contributed by atoms with Crippen LogP contribution in [0.5, 0.6) is 0 Å². The Balaban J connectivity index is 1.43. The molecule has 10 nitrogen and oxygen atoms in total. The minimum atomic E-state index is -3.69. The van der Waals surface area contributed by atoms with Crippen LogP contribution in [-0.2, 0) is 14.8 Å². The molecule has 4 heterocycles. The fourth-order valence-electron chi connectivity index (χ4n) is 4.20. The van der Waals surface area contributed by atoms with Gasteiger partial charge in [0.1, 0.15) is 0 Å². The molecule has 5 rings (SSSR count). The quantitative estimate of drug-likeness (QED) is 0.573. The van der Waals surface area contributed by atoms with E-state index in [2.05, 4.69) is 20.3 Å². The van der Waals surface area contributed by atoms with Crippen molar-refractivity contribution in [3.05, 3.63) is 60.6 Å². The Morgan fingerprint density at radius 2 is 1.82 bits per heavy atom. The molecule has 0 saturated carbocycles. The van der Waals surface area contributed by atoms with Crippen LogP contribution in [0.4, 0.5) is 11.4 Å². The fourth-order valence-corrected chi connectivity index (χ4v) is 5.63. The molecule has 0 unspecified atom stereocenters. The van der Waals surface area contributed by atoms with E-state index >= 15 is 0 Å². The number of benzene rings is 1. The monoisotopic (exact) mass is 482 g/mol. The summed E-state index contributed by atoms with van der Waals surface area (Å²) in [5.41, 5.74) is 1.65. The Labute approximate surface area is 198 Å². The lowest BCUT2D eigenvalue weighted by Gasteiger charge is -2.27. The molecule has 0 radical (unpaired) electrons. The maximum Gasteiger partial charge on any atom is 0.257 e. The number of ether oxygens (including phenoxy) is 1. The number of carbonyl (C=O) groups is 1. The van der Waals surface area contributed by atoms with Crippen molar-refractivity contribution in [2.75, 3.05) is 49.6 Å². The Morgan fingerprint density at radius 3 is 2.50 bits per heavy atom. The molecule has 0 spiro atoms. The Morgan fingerprint density at radius 1 is 1.03 bits per heavy atom. The first-order chi connectivity index (χ1) is 16.5. The number of anilines is 2. The summed E-state index contributed by atoms with van der Waals surface area (Å²) in [5, 5.41) is 7.06. The molecule has 0 aliphatic carbocycles. The number of hydrogen-bond acceptors (Lipinski definition) is 7. The highest BCUT2D eigenvalue weighted by atomic mass is 32.2. The van der Waals surface area contributed by atoms with Gasteiger partial charge >= 0.3 is 0 Å². The topological polar surface area (TPSA) is 110 Å². The molecule has 0 bridgehead atoms. The molecule has 0 atom stereocenters. The normalized spacial score (nSPS) is 17.1. The minimum absolute atomic E-state index is 0.153. The Kier molecular flexibility index (Phi) is 6.31. The third-order valence-electron chi connectivity index (χ3n) is 6.02. The van der Waals surface area contributed by atoms with E-state index in [0.29, 0.717) is 43.4 Å². The fraction of sp³-hybridized carbons (Fsp3) is 0.348. The predicted octanol–water partition coefficient (Wildman–Crippen LogP) is 2.14. The largest absolute Gasteiger partial charge is 0.379 e. The van der Waals surface area contributed by atoms with E-state index in [-0.39, 0.29) is 10.8 Å². The van der Waals surface area contributed by atoms with Crippen LogP contribution >= 0.6 is 0 Å². The molecule has 2 aliphatic heterocycles. The highest BCUT2D eigenvalue weighted by Crippen LogP contribution is 2.33. The molecule has 3 aromatic rings. The van der Waals surface area contributed by atoms with Gasteiger partial charge in [0.2, 0.25) is 10.0 Å². The number of pyridine rings is 1. The first kappa shape index (κ1) is 22.5. The van der Waals surface area contributed by atoms with Gasteiger partial charge in [-0.2, -0.15) is 9.40 Å². The second-order valence-corrected chi connectivity index (χ2v) is 10.1. The number of nitrogens with zero attached hydrogens (tertiary/aromatic N) is 5. The number of amides is 1. The van der Waals surface area contributed by atoms with Crippen LogP contribution in [0.25, 0.3) is 5.82 Å². The van der Waals surface area contributed by atoms with Crippen LogP contribution in [0.3, 0.4) is 0 Å². The second kappa shape index (κ2) is 9.53. The molecule has 2 aliphatic rings. The summed E-state index contributed by atoms with van der Waals surface area (Å²) in [5.74, 6) is 0.235. The zero-order valence-electron chi connectivity index (χ0n) is 18.6. The van der Waals surface area contributed by atoms with Gasteiger partial charge in [-0.3, -0.25) is 4.79 Å². The van der Waals surface area contributed by atoms with Gasteiger partial charge in [-0.1, -0.05) is 0 Å². The highest BCUT2D eigenvalue weighted by Gasteiger charge is 2.28. The maximum atomic E-state index is 13.2. The average Bonchev–Trinajstić information content (AvgIpc) is 3.59. The van der Waals surface area contributed by atoms with E-state index < -0.39 is 10.0 Å². The second-order valence-electron chi connectivity index (χ2n) is 8.20. The van der Waals surface area contributed by atoms with Gasteiger partial charge in [0, 0.05) is 44.8 Å². The van der Waals surface area contributed by atoms with Gasteiger partial charge in [-0.05, 0) is 49.2 Å². The first-order valence-electron chi connectivity index (χ1n) is 11.3. The third-order valence-corrected chi connectivity index (χ3v) is 7.91. The summed E-state index contributed by atoms with van der Waals surface area (Å²) in [7, 11) is -3.69. The summed E-state index contributed by atoms with van der Waals surface area (Å²) in [6.45, 7) is 3.09. The summed E-state index contributed by atoms with van der Waals surface area (Å²) >= 11 is 0. The molecule has 34 heavy (non-hydrogen) atoms. The van der Waals surface area contributed by atoms with Gasteiger partial charge in [-0.15, -0.1) is 0 Å². The van der Waals surface area contributed by atoms with Gasteiger partial charge in [0.15, 0.2) is 5.82 Å². The van der Waals surface area contributed by atoms with Crippen LogP contribution in [0.2, 0.25) is 0 Å².